The minimum absolute atomic E-state index is 0.403. The molecule has 0 spiro atoms. The maximum atomic E-state index is 12.5. The van der Waals surface area contributed by atoms with Crippen molar-refractivity contribution in [2.75, 3.05) is 6.54 Å². The Hall–Kier alpha value is -0.780. The smallest absolute Gasteiger partial charge is 0.317 e. The van der Waals surface area contributed by atoms with Gasteiger partial charge >= 0.3 is 6.18 Å². The van der Waals surface area contributed by atoms with E-state index in [1.807, 2.05) is 13.8 Å². The third-order valence-corrected chi connectivity index (χ3v) is 3.11. The number of nitrogens with zero attached hydrogens (tertiary/aromatic N) is 1. The third-order valence-electron chi connectivity index (χ3n) is 3.11. The molecule has 0 aromatic carbocycles. The number of rotatable bonds is 6. The average Bonchev–Trinajstić information content (AvgIpc) is 2.53. The SMILES string of the molecule is CCCCC1NC(CCC)N(CC(F)(F)F)C1=O. The van der Waals surface area contributed by atoms with Gasteiger partial charge in [-0.15, -0.1) is 0 Å². The molecule has 1 amide bonds. The first-order valence-corrected chi connectivity index (χ1v) is 6.52. The van der Waals surface area contributed by atoms with Crippen LogP contribution in [-0.2, 0) is 4.79 Å². The second-order valence-corrected chi connectivity index (χ2v) is 4.75. The number of amides is 1. The van der Waals surface area contributed by atoms with Gasteiger partial charge in [0.2, 0.25) is 5.91 Å². The van der Waals surface area contributed by atoms with Crippen LogP contribution in [0.4, 0.5) is 13.2 Å². The number of unbranched alkanes of at least 4 members (excludes halogenated alkanes) is 1. The van der Waals surface area contributed by atoms with E-state index in [-0.39, 0.29) is 0 Å². The Morgan fingerprint density at radius 3 is 2.39 bits per heavy atom. The van der Waals surface area contributed by atoms with Gasteiger partial charge in [0.05, 0.1) is 12.2 Å². The van der Waals surface area contributed by atoms with Gasteiger partial charge in [0.25, 0.3) is 0 Å². The molecule has 0 aromatic heterocycles. The van der Waals surface area contributed by atoms with Gasteiger partial charge in [0.1, 0.15) is 6.54 Å². The molecule has 3 nitrogen and oxygen atoms in total. The van der Waals surface area contributed by atoms with Gasteiger partial charge in [-0.05, 0) is 12.8 Å². The molecule has 0 aliphatic carbocycles. The number of hydrogen-bond donors (Lipinski definition) is 1. The van der Waals surface area contributed by atoms with Crippen molar-refractivity contribution in [3.05, 3.63) is 0 Å². The molecule has 1 heterocycles. The van der Waals surface area contributed by atoms with E-state index >= 15 is 0 Å². The summed E-state index contributed by atoms with van der Waals surface area (Å²) < 4.78 is 37.4. The van der Waals surface area contributed by atoms with E-state index in [1.54, 1.807) is 0 Å². The van der Waals surface area contributed by atoms with Gasteiger partial charge in [-0.1, -0.05) is 33.1 Å². The first-order chi connectivity index (χ1) is 8.39. The average molecular weight is 266 g/mol. The molecule has 0 bridgehead atoms. The van der Waals surface area contributed by atoms with E-state index in [2.05, 4.69) is 5.32 Å². The number of hydrogen-bond acceptors (Lipinski definition) is 2. The van der Waals surface area contributed by atoms with Crippen LogP contribution in [0.15, 0.2) is 0 Å². The first-order valence-electron chi connectivity index (χ1n) is 6.52. The molecule has 2 atom stereocenters. The quantitative estimate of drug-likeness (QED) is 0.801. The molecule has 2 unspecified atom stereocenters. The second kappa shape index (κ2) is 6.41. The lowest BCUT2D eigenvalue weighted by atomic mass is 10.1. The van der Waals surface area contributed by atoms with Crippen LogP contribution in [0, 0.1) is 0 Å². The highest BCUT2D eigenvalue weighted by atomic mass is 19.4. The summed E-state index contributed by atoms with van der Waals surface area (Å²) in [7, 11) is 0. The van der Waals surface area contributed by atoms with E-state index in [4.69, 9.17) is 0 Å². The molecule has 18 heavy (non-hydrogen) atoms. The number of carbonyl (C=O) groups is 1. The molecule has 1 aliphatic rings. The molecule has 1 rings (SSSR count). The molecule has 1 saturated heterocycles. The Morgan fingerprint density at radius 2 is 1.89 bits per heavy atom. The van der Waals surface area contributed by atoms with Gasteiger partial charge in [0.15, 0.2) is 0 Å². The maximum absolute atomic E-state index is 12.5. The van der Waals surface area contributed by atoms with Gasteiger partial charge in [-0.3, -0.25) is 10.1 Å². The van der Waals surface area contributed by atoms with Crippen LogP contribution >= 0.6 is 0 Å². The van der Waals surface area contributed by atoms with Crippen LogP contribution < -0.4 is 5.32 Å². The Balaban J connectivity index is 2.68. The van der Waals surface area contributed by atoms with Crippen molar-refractivity contribution in [1.82, 2.24) is 10.2 Å². The van der Waals surface area contributed by atoms with Gasteiger partial charge < -0.3 is 4.90 Å². The van der Waals surface area contributed by atoms with Crippen molar-refractivity contribution >= 4 is 5.91 Å². The topological polar surface area (TPSA) is 32.3 Å². The minimum atomic E-state index is -4.33. The summed E-state index contributed by atoms with van der Waals surface area (Å²) in [5.41, 5.74) is 0. The fourth-order valence-electron chi connectivity index (χ4n) is 2.26. The van der Waals surface area contributed by atoms with E-state index < -0.39 is 30.8 Å². The van der Waals surface area contributed by atoms with Crippen LogP contribution in [0.1, 0.15) is 46.0 Å². The highest BCUT2D eigenvalue weighted by Gasteiger charge is 2.43. The van der Waals surface area contributed by atoms with Crippen molar-refractivity contribution in [3.8, 4) is 0 Å². The Kier molecular flexibility index (Phi) is 5.44. The van der Waals surface area contributed by atoms with Crippen LogP contribution in [0.5, 0.6) is 0 Å². The number of alkyl halides is 3. The molecule has 0 saturated carbocycles. The van der Waals surface area contributed by atoms with Gasteiger partial charge in [0, 0.05) is 0 Å². The summed E-state index contributed by atoms with van der Waals surface area (Å²) in [4.78, 5) is 12.9. The predicted octanol–water partition coefficient (Wildman–Crippen LogP) is 2.67. The molecule has 1 N–H and O–H groups in total. The van der Waals surface area contributed by atoms with E-state index in [0.29, 0.717) is 12.8 Å². The molecule has 1 aliphatic heterocycles. The Labute approximate surface area is 106 Å². The normalized spacial score (nSPS) is 24.9. The first kappa shape index (κ1) is 15.3. The van der Waals surface area contributed by atoms with Crippen LogP contribution in [0.3, 0.4) is 0 Å². The van der Waals surface area contributed by atoms with E-state index in [1.165, 1.54) is 0 Å². The molecular formula is C12H21F3N2O. The second-order valence-electron chi connectivity index (χ2n) is 4.75. The zero-order valence-corrected chi connectivity index (χ0v) is 10.9. The predicted molar refractivity (Wildman–Crippen MR) is 62.9 cm³/mol. The van der Waals surface area contributed by atoms with E-state index in [9.17, 15) is 18.0 Å². The minimum Gasteiger partial charge on any atom is -0.317 e. The highest BCUT2D eigenvalue weighted by Crippen LogP contribution is 2.24. The van der Waals surface area contributed by atoms with Gasteiger partial charge in [-0.25, -0.2) is 0 Å². The molecule has 106 valence electrons. The lowest BCUT2D eigenvalue weighted by Crippen LogP contribution is -2.43. The molecule has 0 radical (unpaired) electrons. The zero-order chi connectivity index (χ0) is 13.8. The van der Waals surface area contributed by atoms with Crippen LogP contribution in [-0.4, -0.2) is 35.7 Å². The van der Waals surface area contributed by atoms with Gasteiger partial charge in [-0.2, -0.15) is 13.2 Å². The molecule has 1 fully saturated rings. The molecule has 6 heteroatoms. The highest BCUT2D eigenvalue weighted by molar-refractivity contribution is 5.84. The fourth-order valence-corrected chi connectivity index (χ4v) is 2.26. The summed E-state index contributed by atoms with van der Waals surface area (Å²) in [6.45, 7) is 2.75. The number of halogens is 3. The maximum Gasteiger partial charge on any atom is 0.406 e. The summed E-state index contributed by atoms with van der Waals surface area (Å²) in [5.74, 6) is -0.403. The van der Waals surface area contributed by atoms with Crippen molar-refractivity contribution in [3.63, 3.8) is 0 Å². The summed E-state index contributed by atoms with van der Waals surface area (Å²) in [5, 5.41) is 3.03. The number of nitrogens with one attached hydrogen (secondary N) is 1. The summed E-state index contributed by atoms with van der Waals surface area (Å²) in [6, 6.07) is -0.441. The van der Waals surface area contributed by atoms with E-state index in [0.717, 1.165) is 24.2 Å². The lowest BCUT2D eigenvalue weighted by Gasteiger charge is -2.24. The lowest BCUT2D eigenvalue weighted by molar-refractivity contribution is -0.161. The van der Waals surface area contributed by atoms with Crippen molar-refractivity contribution in [1.29, 1.82) is 0 Å². The van der Waals surface area contributed by atoms with Crippen LogP contribution in [0.2, 0.25) is 0 Å². The largest absolute Gasteiger partial charge is 0.406 e. The Morgan fingerprint density at radius 1 is 1.22 bits per heavy atom. The summed E-state index contributed by atoms with van der Waals surface area (Å²) in [6.07, 6.45) is -1.09. The Bertz CT molecular complexity index is 281. The fraction of sp³-hybridized carbons (Fsp3) is 0.917. The van der Waals surface area contributed by atoms with Crippen molar-refractivity contribution in [2.45, 2.75) is 64.3 Å². The van der Waals surface area contributed by atoms with Crippen molar-refractivity contribution in [2.24, 2.45) is 0 Å². The number of carbonyl (C=O) groups excluding carboxylic acids is 1. The van der Waals surface area contributed by atoms with Crippen LogP contribution in [0.25, 0.3) is 0 Å². The summed E-state index contributed by atoms with van der Waals surface area (Å²) >= 11 is 0. The monoisotopic (exact) mass is 266 g/mol. The molecule has 0 aromatic rings. The zero-order valence-electron chi connectivity index (χ0n) is 10.9. The standard InChI is InChI=1S/C12H21F3N2O/c1-3-5-7-9-11(18)17(8-12(13,14)15)10(16-9)6-4-2/h9-10,16H,3-8H2,1-2H3. The third kappa shape index (κ3) is 4.15. The molecular weight excluding hydrogens is 245 g/mol. The van der Waals surface area contributed by atoms with Crippen molar-refractivity contribution < 1.29 is 18.0 Å².